The Balaban J connectivity index is 0.000000606. The van der Waals surface area contributed by atoms with E-state index in [0.29, 0.717) is 5.92 Å². The van der Waals surface area contributed by atoms with E-state index in [0.717, 1.165) is 18.4 Å². The Hall–Kier alpha value is -1.08. The van der Waals surface area contributed by atoms with Crippen molar-refractivity contribution in [2.75, 3.05) is 6.61 Å². The first-order valence-electron chi connectivity index (χ1n) is 6.20. The van der Waals surface area contributed by atoms with E-state index in [-0.39, 0.29) is 6.61 Å². The lowest BCUT2D eigenvalue weighted by Gasteiger charge is -2.10. The van der Waals surface area contributed by atoms with Crippen molar-refractivity contribution < 1.29 is 5.11 Å². The van der Waals surface area contributed by atoms with E-state index in [1.165, 1.54) is 11.1 Å². The van der Waals surface area contributed by atoms with E-state index in [2.05, 4.69) is 37.3 Å². The number of hydrogen-bond acceptors (Lipinski definition) is 1. The van der Waals surface area contributed by atoms with Crippen LogP contribution in [0.2, 0.25) is 0 Å². The topological polar surface area (TPSA) is 20.2 Å². The highest BCUT2D eigenvalue weighted by Gasteiger charge is 2.13. The van der Waals surface area contributed by atoms with Crippen LogP contribution < -0.4 is 0 Å². The average molecular weight is 218 g/mol. The third-order valence-corrected chi connectivity index (χ3v) is 2.99. The van der Waals surface area contributed by atoms with Crippen LogP contribution in [0, 0.1) is 0 Å². The van der Waals surface area contributed by atoms with E-state index in [1.807, 2.05) is 13.8 Å². The Morgan fingerprint density at radius 2 is 1.94 bits per heavy atom. The van der Waals surface area contributed by atoms with Gasteiger partial charge in [0, 0.05) is 0 Å². The van der Waals surface area contributed by atoms with Gasteiger partial charge in [0.2, 0.25) is 0 Å². The minimum absolute atomic E-state index is 0.195. The molecule has 1 aromatic carbocycles. The van der Waals surface area contributed by atoms with Gasteiger partial charge in [0.1, 0.15) is 0 Å². The summed E-state index contributed by atoms with van der Waals surface area (Å²) in [5, 5.41) is 9.16. The Morgan fingerprint density at radius 1 is 1.25 bits per heavy atom. The average Bonchev–Trinajstić information content (AvgIpc) is 2.52. The second-order valence-electron chi connectivity index (χ2n) is 4.03. The summed E-state index contributed by atoms with van der Waals surface area (Å²) in [5.74, 6) is 0.603. The molecule has 0 fully saturated rings. The highest BCUT2D eigenvalue weighted by atomic mass is 16.3. The number of benzene rings is 1. The Morgan fingerprint density at radius 3 is 2.62 bits per heavy atom. The monoisotopic (exact) mass is 218 g/mol. The van der Waals surface area contributed by atoms with Crippen molar-refractivity contribution >= 4 is 6.08 Å². The number of rotatable bonds is 1. The molecule has 1 atom stereocenters. The molecule has 0 spiro atoms. The Bertz CT molecular complexity index is 352. The third kappa shape index (κ3) is 2.96. The lowest BCUT2D eigenvalue weighted by atomic mass is 9.94. The minimum Gasteiger partial charge on any atom is -0.392 e. The van der Waals surface area contributed by atoms with Crippen molar-refractivity contribution in [1.29, 1.82) is 0 Å². The van der Waals surface area contributed by atoms with Crippen molar-refractivity contribution in [2.45, 2.75) is 39.5 Å². The number of aliphatic hydroxyl groups is 1. The maximum Gasteiger partial charge on any atom is 0.0645 e. The molecule has 0 bridgehead atoms. The standard InChI is InChI=1S/C13H16O.C2H6/c1-10-6-7-11(9-14)8-12-4-2-3-5-13(10)12;1-2/h2-5,8,10,14H,6-7,9H2,1H3;1-2H3. The van der Waals surface area contributed by atoms with Crippen molar-refractivity contribution in [3.8, 4) is 0 Å². The maximum absolute atomic E-state index is 9.16. The molecule has 1 nitrogen and oxygen atoms in total. The highest BCUT2D eigenvalue weighted by Crippen LogP contribution is 2.30. The molecular weight excluding hydrogens is 196 g/mol. The van der Waals surface area contributed by atoms with Gasteiger partial charge in [-0.2, -0.15) is 0 Å². The largest absolute Gasteiger partial charge is 0.392 e. The fraction of sp³-hybridized carbons (Fsp3) is 0.467. The van der Waals surface area contributed by atoms with E-state index in [9.17, 15) is 0 Å². The molecular formula is C15H22O. The van der Waals surface area contributed by atoms with Crippen molar-refractivity contribution in [3.63, 3.8) is 0 Å². The van der Waals surface area contributed by atoms with E-state index < -0.39 is 0 Å². The fourth-order valence-corrected chi connectivity index (χ4v) is 2.07. The molecule has 1 aliphatic carbocycles. The second kappa shape index (κ2) is 6.49. The fourth-order valence-electron chi connectivity index (χ4n) is 2.07. The summed E-state index contributed by atoms with van der Waals surface area (Å²) >= 11 is 0. The quantitative estimate of drug-likeness (QED) is 0.755. The smallest absolute Gasteiger partial charge is 0.0645 e. The summed E-state index contributed by atoms with van der Waals surface area (Å²) < 4.78 is 0. The molecule has 1 heteroatoms. The Labute approximate surface area is 98.8 Å². The minimum atomic E-state index is 0.195. The zero-order valence-electron chi connectivity index (χ0n) is 10.5. The van der Waals surface area contributed by atoms with E-state index in [1.54, 1.807) is 0 Å². The summed E-state index contributed by atoms with van der Waals surface area (Å²) in [6.07, 6.45) is 4.30. The molecule has 88 valence electrons. The molecule has 0 heterocycles. The van der Waals surface area contributed by atoms with Crippen LogP contribution in [-0.2, 0) is 0 Å². The first-order valence-corrected chi connectivity index (χ1v) is 6.20. The van der Waals surface area contributed by atoms with Gasteiger partial charge in [-0.05, 0) is 35.5 Å². The zero-order valence-corrected chi connectivity index (χ0v) is 10.5. The van der Waals surface area contributed by atoms with Crippen molar-refractivity contribution in [2.24, 2.45) is 0 Å². The van der Waals surface area contributed by atoms with Crippen LogP contribution in [0.1, 0.15) is 50.7 Å². The normalized spacial score (nSPS) is 18.8. The van der Waals surface area contributed by atoms with Gasteiger partial charge >= 0.3 is 0 Å². The molecule has 1 N–H and O–H groups in total. The van der Waals surface area contributed by atoms with Gasteiger partial charge in [0.25, 0.3) is 0 Å². The highest BCUT2D eigenvalue weighted by molar-refractivity contribution is 5.58. The van der Waals surface area contributed by atoms with Gasteiger partial charge in [0.05, 0.1) is 6.61 Å². The van der Waals surface area contributed by atoms with Gasteiger partial charge in [0.15, 0.2) is 0 Å². The van der Waals surface area contributed by atoms with Crippen LogP contribution >= 0.6 is 0 Å². The predicted molar refractivity (Wildman–Crippen MR) is 70.5 cm³/mol. The molecule has 0 saturated heterocycles. The molecule has 0 saturated carbocycles. The third-order valence-electron chi connectivity index (χ3n) is 2.99. The van der Waals surface area contributed by atoms with E-state index in [4.69, 9.17) is 5.11 Å². The molecule has 16 heavy (non-hydrogen) atoms. The number of aliphatic hydroxyl groups excluding tert-OH is 1. The van der Waals surface area contributed by atoms with Crippen molar-refractivity contribution in [1.82, 2.24) is 0 Å². The maximum atomic E-state index is 9.16. The summed E-state index contributed by atoms with van der Waals surface area (Å²) in [6, 6.07) is 8.47. The molecule has 0 aliphatic heterocycles. The van der Waals surface area contributed by atoms with Crippen LogP contribution in [0.25, 0.3) is 6.08 Å². The van der Waals surface area contributed by atoms with Crippen LogP contribution in [0.4, 0.5) is 0 Å². The Kier molecular flexibility index (Phi) is 5.27. The first kappa shape index (κ1) is 13.0. The molecule has 0 radical (unpaired) electrons. The van der Waals surface area contributed by atoms with Gasteiger partial charge in [-0.15, -0.1) is 0 Å². The van der Waals surface area contributed by atoms with Crippen LogP contribution in [0.15, 0.2) is 29.8 Å². The zero-order chi connectivity index (χ0) is 12.0. The van der Waals surface area contributed by atoms with Gasteiger partial charge in [-0.25, -0.2) is 0 Å². The van der Waals surface area contributed by atoms with Gasteiger partial charge < -0.3 is 5.11 Å². The summed E-state index contributed by atoms with van der Waals surface area (Å²) in [7, 11) is 0. The second-order valence-corrected chi connectivity index (χ2v) is 4.03. The number of fused-ring (bicyclic) bond motifs is 1. The first-order chi connectivity index (χ1) is 7.81. The molecule has 2 rings (SSSR count). The number of hydrogen-bond donors (Lipinski definition) is 1. The lowest BCUT2D eigenvalue weighted by molar-refractivity contribution is 0.326. The molecule has 0 aromatic heterocycles. The predicted octanol–water partition coefficient (Wildman–Crippen LogP) is 3.99. The van der Waals surface area contributed by atoms with Crippen molar-refractivity contribution in [3.05, 3.63) is 41.0 Å². The van der Waals surface area contributed by atoms with Crippen LogP contribution in [0.3, 0.4) is 0 Å². The SMILES string of the molecule is CC.CC1CCC(CO)=Cc2ccccc21. The summed E-state index contributed by atoms with van der Waals surface area (Å²) in [5.41, 5.74) is 3.85. The van der Waals surface area contributed by atoms with Gasteiger partial charge in [-0.3, -0.25) is 0 Å². The lowest BCUT2D eigenvalue weighted by Crippen LogP contribution is -1.94. The summed E-state index contributed by atoms with van der Waals surface area (Å²) in [4.78, 5) is 0. The van der Waals surface area contributed by atoms with Gasteiger partial charge in [-0.1, -0.05) is 51.1 Å². The van der Waals surface area contributed by atoms with E-state index >= 15 is 0 Å². The van der Waals surface area contributed by atoms with Crippen LogP contribution in [0.5, 0.6) is 0 Å². The molecule has 1 unspecified atom stereocenters. The molecule has 1 aromatic rings. The van der Waals surface area contributed by atoms with Crippen LogP contribution in [-0.4, -0.2) is 11.7 Å². The molecule has 1 aliphatic rings. The molecule has 0 amide bonds. The summed E-state index contributed by atoms with van der Waals surface area (Å²) in [6.45, 7) is 6.45.